The number of anilines is 1. The van der Waals surface area contributed by atoms with Crippen LogP contribution in [0.15, 0.2) is 47.5 Å². The second-order valence-corrected chi connectivity index (χ2v) is 6.63. The molecule has 0 fully saturated rings. The lowest BCUT2D eigenvalue weighted by atomic mass is 10.1. The average Bonchev–Trinajstić information content (AvgIpc) is 2.75. The lowest BCUT2D eigenvalue weighted by Gasteiger charge is -2.18. The maximum Gasteiger partial charge on any atom is 0.195 e. The fourth-order valence-corrected chi connectivity index (χ4v) is 3.07. The summed E-state index contributed by atoms with van der Waals surface area (Å²) in [5.74, 6) is 2.12. The number of methoxy groups -OCH3 is 1. The van der Waals surface area contributed by atoms with E-state index < -0.39 is 0 Å². The van der Waals surface area contributed by atoms with Crippen molar-refractivity contribution in [1.82, 2.24) is 10.2 Å². The van der Waals surface area contributed by atoms with E-state index >= 15 is 0 Å². The van der Waals surface area contributed by atoms with E-state index in [2.05, 4.69) is 58.6 Å². The number of hydrogen-bond acceptors (Lipinski definition) is 4. The van der Waals surface area contributed by atoms with Crippen LogP contribution >= 0.6 is 24.0 Å². The van der Waals surface area contributed by atoms with Crippen LogP contribution in [0.2, 0.25) is 0 Å². The molecule has 0 radical (unpaired) electrons. The van der Waals surface area contributed by atoms with E-state index in [9.17, 15) is 0 Å². The summed E-state index contributed by atoms with van der Waals surface area (Å²) >= 11 is 0. The van der Waals surface area contributed by atoms with Crippen LogP contribution in [0.25, 0.3) is 0 Å². The van der Waals surface area contributed by atoms with E-state index in [0.717, 1.165) is 25.3 Å². The molecule has 2 aromatic carbocycles. The predicted octanol–water partition coefficient (Wildman–Crippen LogP) is 4.74. The Morgan fingerprint density at radius 2 is 1.73 bits per heavy atom. The van der Waals surface area contributed by atoms with Gasteiger partial charge in [0.25, 0.3) is 0 Å². The minimum absolute atomic E-state index is 0. The second-order valence-electron chi connectivity index (χ2n) is 6.63. The number of guanidine groups is 1. The van der Waals surface area contributed by atoms with Crippen LogP contribution in [0.5, 0.6) is 11.5 Å². The molecule has 0 aliphatic rings. The standard InChI is InChI=1S/C23H34N4O2.HI/c1-6-27(7-2)17-19-11-9-10-18(14-19)16-25-23(24-4)26-20-12-13-21(28-5)22(15-20)29-8-3;/h9-15H,6-8,16-17H2,1-5H3,(H2,24,25,26);1H. The fourth-order valence-electron chi connectivity index (χ4n) is 3.07. The monoisotopic (exact) mass is 526 g/mol. The van der Waals surface area contributed by atoms with Gasteiger partial charge in [0.05, 0.1) is 13.7 Å². The Kier molecular flexibility index (Phi) is 12.2. The highest BCUT2D eigenvalue weighted by Crippen LogP contribution is 2.30. The number of rotatable bonds is 10. The Bertz CT molecular complexity index is 795. The highest BCUT2D eigenvalue weighted by molar-refractivity contribution is 14.0. The van der Waals surface area contributed by atoms with Crippen molar-refractivity contribution in [3.63, 3.8) is 0 Å². The van der Waals surface area contributed by atoms with Gasteiger partial charge in [-0.2, -0.15) is 0 Å². The third-order valence-electron chi connectivity index (χ3n) is 4.70. The van der Waals surface area contributed by atoms with Crippen molar-refractivity contribution in [1.29, 1.82) is 0 Å². The van der Waals surface area contributed by atoms with Crippen LogP contribution in [0.1, 0.15) is 31.9 Å². The number of halogens is 1. The third-order valence-corrected chi connectivity index (χ3v) is 4.70. The van der Waals surface area contributed by atoms with E-state index in [0.29, 0.717) is 30.6 Å². The molecule has 30 heavy (non-hydrogen) atoms. The summed E-state index contributed by atoms with van der Waals surface area (Å²) in [6, 6.07) is 14.4. The molecule has 2 rings (SSSR count). The van der Waals surface area contributed by atoms with Gasteiger partial charge in [0.1, 0.15) is 0 Å². The zero-order valence-electron chi connectivity index (χ0n) is 18.7. The summed E-state index contributed by atoms with van der Waals surface area (Å²) in [4.78, 5) is 6.74. The van der Waals surface area contributed by atoms with Gasteiger partial charge >= 0.3 is 0 Å². The van der Waals surface area contributed by atoms with Gasteiger partial charge in [-0.25, -0.2) is 0 Å². The molecule has 166 valence electrons. The van der Waals surface area contributed by atoms with E-state index in [4.69, 9.17) is 9.47 Å². The zero-order chi connectivity index (χ0) is 21.1. The van der Waals surface area contributed by atoms with Crippen LogP contribution in [-0.4, -0.2) is 44.7 Å². The Morgan fingerprint density at radius 1 is 1.00 bits per heavy atom. The number of benzene rings is 2. The van der Waals surface area contributed by atoms with Gasteiger partial charge in [0, 0.05) is 31.9 Å². The Morgan fingerprint density at radius 3 is 2.37 bits per heavy atom. The lowest BCUT2D eigenvalue weighted by Crippen LogP contribution is -2.30. The summed E-state index contributed by atoms with van der Waals surface area (Å²) in [6.07, 6.45) is 0. The summed E-state index contributed by atoms with van der Waals surface area (Å²) < 4.78 is 11.0. The smallest absolute Gasteiger partial charge is 0.195 e. The molecule has 2 N–H and O–H groups in total. The fraction of sp³-hybridized carbons (Fsp3) is 0.435. The third kappa shape index (κ3) is 8.02. The van der Waals surface area contributed by atoms with Crippen molar-refractivity contribution >= 4 is 35.6 Å². The summed E-state index contributed by atoms with van der Waals surface area (Å²) in [7, 11) is 3.40. The molecular weight excluding hydrogens is 491 g/mol. The van der Waals surface area contributed by atoms with Gasteiger partial charge in [0.15, 0.2) is 17.5 Å². The molecule has 0 spiro atoms. The van der Waals surface area contributed by atoms with E-state index in [1.807, 2.05) is 25.1 Å². The minimum Gasteiger partial charge on any atom is -0.493 e. The summed E-state index contributed by atoms with van der Waals surface area (Å²) in [6.45, 7) is 10.7. The quantitative estimate of drug-likeness (QED) is 0.266. The highest BCUT2D eigenvalue weighted by Gasteiger charge is 2.07. The molecular formula is C23H35IN4O2. The van der Waals surface area contributed by atoms with Crippen LogP contribution in [0.3, 0.4) is 0 Å². The molecule has 0 saturated heterocycles. The van der Waals surface area contributed by atoms with Crippen molar-refractivity contribution in [2.45, 2.75) is 33.9 Å². The number of hydrogen-bond donors (Lipinski definition) is 2. The minimum atomic E-state index is 0. The SMILES string of the molecule is CCOc1cc(NC(=NC)NCc2cccc(CN(CC)CC)c2)ccc1OC.I. The van der Waals surface area contributed by atoms with Crippen LogP contribution in [0, 0.1) is 0 Å². The number of aliphatic imine (C=N–C) groups is 1. The molecule has 0 heterocycles. The molecule has 7 heteroatoms. The largest absolute Gasteiger partial charge is 0.493 e. The maximum atomic E-state index is 5.65. The van der Waals surface area contributed by atoms with Crippen molar-refractivity contribution < 1.29 is 9.47 Å². The molecule has 0 aliphatic heterocycles. The topological polar surface area (TPSA) is 58.1 Å². The molecule has 0 amide bonds. The number of nitrogens with zero attached hydrogens (tertiary/aromatic N) is 2. The Hall–Kier alpha value is -2.00. The first-order valence-electron chi connectivity index (χ1n) is 10.2. The Balaban J connectivity index is 0.00000450. The second kappa shape index (κ2) is 14.1. The predicted molar refractivity (Wildman–Crippen MR) is 136 cm³/mol. The van der Waals surface area contributed by atoms with Crippen molar-refractivity contribution in [3.05, 3.63) is 53.6 Å². The Labute approximate surface area is 198 Å². The van der Waals surface area contributed by atoms with Gasteiger partial charge in [0.2, 0.25) is 0 Å². The number of ether oxygens (including phenoxy) is 2. The molecule has 6 nitrogen and oxygen atoms in total. The first-order chi connectivity index (χ1) is 14.1. The van der Waals surface area contributed by atoms with Crippen molar-refractivity contribution in [3.8, 4) is 11.5 Å². The van der Waals surface area contributed by atoms with Crippen LogP contribution < -0.4 is 20.1 Å². The number of nitrogens with one attached hydrogen (secondary N) is 2. The van der Waals surface area contributed by atoms with E-state index in [1.54, 1.807) is 14.2 Å². The molecule has 0 unspecified atom stereocenters. The molecule has 0 bridgehead atoms. The van der Waals surface area contributed by atoms with Crippen molar-refractivity contribution in [2.75, 3.05) is 39.2 Å². The molecule has 2 aromatic rings. The van der Waals surface area contributed by atoms with Crippen LogP contribution in [0.4, 0.5) is 5.69 Å². The lowest BCUT2D eigenvalue weighted by molar-refractivity contribution is 0.296. The first kappa shape index (κ1) is 26.0. The van der Waals surface area contributed by atoms with Gasteiger partial charge < -0.3 is 20.1 Å². The average molecular weight is 526 g/mol. The normalized spacial score (nSPS) is 11.1. The van der Waals surface area contributed by atoms with Gasteiger partial charge in [-0.1, -0.05) is 38.1 Å². The highest BCUT2D eigenvalue weighted by atomic mass is 127. The molecule has 0 aromatic heterocycles. The van der Waals surface area contributed by atoms with Crippen molar-refractivity contribution in [2.24, 2.45) is 4.99 Å². The van der Waals surface area contributed by atoms with Gasteiger partial charge in [-0.3, -0.25) is 9.89 Å². The summed E-state index contributed by atoms with van der Waals surface area (Å²) in [5, 5.41) is 6.69. The van der Waals surface area contributed by atoms with Gasteiger partial charge in [-0.05, 0) is 43.3 Å². The van der Waals surface area contributed by atoms with Gasteiger partial charge in [-0.15, -0.1) is 24.0 Å². The molecule has 0 saturated carbocycles. The van der Waals surface area contributed by atoms with E-state index in [1.165, 1.54) is 11.1 Å². The summed E-state index contributed by atoms with van der Waals surface area (Å²) in [5.41, 5.74) is 3.44. The van der Waals surface area contributed by atoms with Crippen LogP contribution in [-0.2, 0) is 13.1 Å². The first-order valence-corrected chi connectivity index (χ1v) is 10.2. The maximum absolute atomic E-state index is 5.65. The molecule has 0 atom stereocenters. The van der Waals surface area contributed by atoms with E-state index in [-0.39, 0.29) is 24.0 Å². The molecule has 0 aliphatic carbocycles. The zero-order valence-corrected chi connectivity index (χ0v) is 21.0.